The van der Waals surface area contributed by atoms with Crippen molar-refractivity contribution in [2.24, 2.45) is 0 Å². The number of hydrogen-bond acceptors (Lipinski definition) is 0. The zero-order valence-electron chi connectivity index (χ0n) is 10.0. The number of aryl methyl sites for hydroxylation is 2. The van der Waals surface area contributed by atoms with Gasteiger partial charge in [-0.15, -0.1) is 0 Å². The summed E-state index contributed by atoms with van der Waals surface area (Å²) in [6.45, 7) is 4.21. The molecule has 0 spiro atoms. The van der Waals surface area contributed by atoms with Crippen molar-refractivity contribution in [3.63, 3.8) is 0 Å². The first-order valence-corrected chi connectivity index (χ1v) is 5.90. The molecule has 2 aromatic carbocycles. The SMILES string of the molecule is CC=CCCc1ccc2cc(C)ccc2c1. The largest absolute Gasteiger partial charge is 0.0917 e. The molecule has 0 heteroatoms. The molecule has 0 amide bonds. The van der Waals surface area contributed by atoms with Crippen LogP contribution in [0.25, 0.3) is 10.8 Å². The van der Waals surface area contributed by atoms with Gasteiger partial charge < -0.3 is 0 Å². The normalized spacial score (nSPS) is 11.4. The molecule has 0 aliphatic carbocycles. The maximum absolute atomic E-state index is 2.30. The average Bonchev–Trinajstić information content (AvgIpc) is 2.29. The van der Waals surface area contributed by atoms with Gasteiger partial charge in [-0.1, -0.05) is 54.1 Å². The van der Waals surface area contributed by atoms with Crippen LogP contribution in [0.2, 0.25) is 0 Å². The zero-order valence-corrected chi connectivity index (χ0v) is 10.0. The van der Waals surface area contributed by atoms with E-state index in [1.54, 1.807) is 0 Å². The Morgan fingerprint density at radius 1 is 1.00 bits per heavy atom. The van der Waals surface area contributed by atoms with E-state index >= 15 is 0 Å². The minimum atomic E-state index is 1.13. The lowest BCUT2D eigenvalue weighted by atomic mass is 10.0. The minimum Gasteiger partial charge on any atom is -0.0917 e. The third-order valence-corrected chi connectivity index (χ3v) is 2.90. The second kappa shape index (κ2) is 4.98. The number of allylic oxidation sites excluding steroid dienone is 2. The lowest BCUT2D eigenvalue weighted by Gasteiger charge is -2.03. The van der Waals surface area contributed by atoms with E-state index in [4.69, 9.17) is 0 Å². The summed E-state index contributed by atoms with van der Waals surface area (Å²) < 4.78 is 0. The van der Waals surface area contributed by atoms with Crippen molar-refractivity contribution in [3.8, 4) is 0 Å². The first-order chi connectivity index (χ1) is 7.79. The minimum absolute atomic E-state index is 1.13. The van der Waals surface area contributed by atoms with Crippen molar-refractivity contribution in [1.82, 2.24) is 0 Å². The van der Waals surface area contributed by atoms with Gasteiger partial charge >= 0.3 is 0 Å². The molecule has 82 valence electrons. The molecule has 2 aromatic rings. The van der Waals surface area contributed by atoms with Crippen LogP contribution in [0.15, 0.2) is 48.6 Å². The molecular formula is C16H18. The molecule has 0 aliphatic rings. The summed E-state index contributed by atoms with van der Waals surface area (Å²) in [5, 5.41) is 2.69. The van der Waals surface area contributed by atoms with Crippen molar-refractivity contribution < 1.29 is 0 Å². The fourth-order valence-electron chi connectivity index (χ4n) is 1.99. The summed E-state index contributed by atoms with van der Waals surface area (Å²) in [5.41, 5.74) is 2.75. The van der Waals surface area contributed by atoms with Crippen LogP contribution >= 0.6 is 0 Å². The summed E-state index contributed by atoms with van der Waals surface area (Å²) in [6, 6.07) is 13.4. The van der Waals surface area contributed by atoms with E-state index < -0.39 is 0 Å². The monoisotopic (exact) mass is 210 g/mol. The Morgan fingerprint density at radius 3 is 2.56 bits per heavy atom. The molecule has 0 atom stereocenters. The molecule has 0 heterocycles. The predicted octanol–water partition coefficient (Wildman–Crippen LogP) is 4.66. The Morgan fingerprint density at radius 2 is 1.75 bits per heavy atom. The van der Waals surface area contributed by atoms with Crippen molar-refractivity contribution >= 4 is 10.8 Å². The Bertz CT molecular complexity index is 506. The molecule has 0 bridgehead atoms. The lowest BCUT2D eigenvalue weighted by molar-refractivity contribution is 1.00. The van der Waals surface area contributed by atoms with E-state index in [1.165, 1.54) is 21.9 Å². The van der Waals surface area contributed by atoms with Gasteiger partial charge in [-0.2, -0.15) is 0 Å². The highest BCUT2D eigenvalue weighted by atomic mass is 14.0. The van der Waals surface area contributed by atoms with Crippen molar-refractivity contribution in [3.05, 3.63) is 59.7 Å². The maximum atomic E-state index is 2.30. The molecule has 0 N–H and O–H groups in total. The van der Waals surface area contributed by atoms with Gasteiger partial charge in [0.1, 0.15) is 0 Å². The highest BCUT2D eigenvalue weighted by Crippen LogP contribution is 2.18. The van der Waals surface area contributed by atoms with Gasteiger partial charge in [0.05, 0.1) is 0 Å². The Balaban J connectivity index is 2.26. The predicted molar refractivity (Wildman–Crippen MR) is 71.8 cm³/mol. The summed E-state index contributed by atoms with van der Waals surface area (Å²) >= 11 is 0. The van der Waals surface area contributed by atoms with Crippen LogP contribution in [-0.4, -0.2) is 0 Å². The van der Waals surface area contributed by atoms with Gasteiger partial charge in [-0.05, 0) is 43.0 Å². The molecule has 2 rings (SSSR count). The molecular weight excluding hydrogens is 192 g/mol. The molecule has 0 fully saturated rings. The molecule has 0 aliphatic heterocycles. The summed E-state index contributed by atoms with van der Waals surface area (Å²) in [4.78, 5) is 0. The van der Waals surface area contributed by atoms with Crippen molar-refractivity contribution in [2.45, 2.75) is 26.7 Å². The third kappa shape index (κ3) is 2.52. The molecule has 0 nitrogen and oxygen atoms in total. The van der Waals surface area contributed by atoms with E-state index in [2.05, 4.69) is 62.4 Å². The zero-order chi connectivity index (χ0) is 11.4. The standard InChI is InChI=1S/C16H18/c1-3-4-5-6-14-8-10-15-11-13(2)7-9-16(15)12-14/h3-4,7-12H,5-6H2,1-2H3. The van der Waals surface area contributed by atoms with Gasteiger partial charge in [0.25, 0.3) is 0 Å². The van der Waals surface area contributed by atoms with Gasteiger partial charge in [-0.25, -0.2) is 0 Å². The molecule has 0 saturated carbocycles. The summed E-state index contributed by atoms with van der Waals surface area (Å²) in [5.74, 6) is 0. The average molecular weight is 210 g/mol. The fraction of sp³-hybridized carbons (Fsp3) is 0.250. The second-order valence-electron chi connectivity index (χ2n) is 4.29. The Kier molecular flexibility index (Phi) is 3.40. The van der Waals surface area contributed by atoms with E-state index in [-0.39, 0.29) is 0 Å². The van der Waals surface area contributed by atoms with Crippen molar-refractivity contribution in [1.29, 1.82) is 0 Å². The van der Waals surface area contributed by atoms with E-state index in [0.29, 0.717) is 0 Å². The number of hydrogen-bond donors (Lipinski definition) is 0. The number of fused-ring (bicyclic) bond motifs is 1. The number of benzene rings is 2. The van der Waals surface area contributed by atoms with Gasteiger partial charge in [0.15, 0.2) is 0 Å². The third-order valence-electron chi connectivity index (χ3n) is 2.90. The molecule has 0 saturated heterocycles. The van der Waals surface area contributed by atoms with Crippen LogP contribution in [-0.2, 0) is 6.42 Å². The van der Waals surface area contributed by atoms with Crippen LogP contribution < -0.4 is 0 Å². The fourth-order valence-corrected chi connectivity index (χ4v) is 1.99. The van der Waals surface area contributed by atoms with Crippen LogP contribution in [0.3, 0.4) is 0 Å². The number of rotatable bonds is 3. The van der Waals surface area contributed by atoms with E-state index in [0.717, 1.165) is 12.8 Å². The van der Waals surface area contributed by atoms with Crippen LogP contribution in [0.5, 0.6) is 0 Å². The van der Waals surface area contributed by atoms with Gasteiger partial charge in [-0.3, -0.25) is 0 Å². The molecule has 0 aromatic heterocycles. The first kappa shape index (κ1) is 10.9. The molecule has 0 unspecified atom stereocenters. The van der Waals surface area contributed by atoms with Crippen LogP contribution in [0, 0.1) is 6.92 Å². The highest BCUT2D eigenvalue weighted by Gasteiger charge is 1.96. The second-order valence-corrected chi connectivity index (χ2v) is 4.29. The Hall–Kier alpha value is -1.56. The Labute approximate surface area is 97.6 Å². The van der Waals surface area contributed by atoms with Crippen LogP contribution in [0.4, 0.5) is 0 Å². The van der Waals surface area contributed by atoms with E-state index in [1.807, 2.05) is 0 Å². The highest BCUT2D eigenvalue weighted by molar-refractivity contribution is 5.83. The quantitative estimate of drug-likeness (QED) is 0.646. The molecule has 16 heavy (non-hydrogen) atoms. The molecule has 0 radical (unpaired) electrons. The van der Waals surface area contributed by atoms with Crippen LogP contribution in [0.1, 0.15) is 24.5 Å². The van der Waals surface area contributed by atoms with Gasteiger partial charge in [0, 0.05) is 0 Å². The smallest absolute Gasteiger partial charge is 0.0181 e. The maximum Gasteiger partial charge on any atom is -0.0181 e. The van der Waals surface area contributed by atoms with E-state index in [9.17, 15) is 0 Å². The summed E-state index contributed by atoms with van der Waals surface area (Å²) in [6.07, 6.45) is 6.60. The van der Waals surface area contributed by atoms with Crippen molar-refractivity contribution in [2.75, 3.05) is 0 Å². The topological polar surface area (TPSA) is 0 Å². The summed E-state index contributed by atoms with van der Waals surface area (Å²) in [7, 11) is 0. The first-order valence-electron chi connectivity index (χ1n) is 5.90. The van der Waals surface area contributed by atoms with Gasteiger partial charge in [0.2, 0.25) is 0 Å². The lowest BCUT2D eigenvalue weighted by Crippen LogP contribution is -1.84.